The van der Waals surface area contributed by atoms with E-state index in [0.29, 0.717) is 18.9 Å². The third kappa shape index (κ3) is 32.2. The molecule has 2 atom stereocenters. The second-order valence-corrected chi connectivity index (χ2v) is 18.3. The summed E-state index contributed by atoms with van der Waals surface area (Å²) in [4.78, 5) is 23.5. The summed E-state index contributed by atoms with van der Waals surface area (Å²) < 4.78 is 24.7. The molecule has 0 aliphatic carbocycles. The molecule has 0 aromatic heterocycles. The molecule has 2 aliphatic rings. The molecule has 0 aromatic carbocycles. The maximum atomic E-state index is 12.6. The number of carbonyl (C=O) groups is 2. The maximum absolute atomic E-state index is 12.6. The Bertz CT molecular complexity index is 895. The van der Waals surface area contributed by atoms with Crippen molar-refractivity contribution < 1.29 is 33.6 Å². The van der Waals surface area contributed by atoms with Gasteiger partial charge in [-0.1, -0.05) is 188 Å². The summed E-state index contributed by atoms with van der Waals surface area (Å²) in [5, 5.41) is 6.89. The summed E-state index contributed by atoms with van der Waals surface area (Å²) in [6, 6.07) is 0. The molecular weight excluding hydrogens is 739 g/mol. The van der Waals surface area contributed by atoms with E-state index in [1.165, 1.54) is 180 Å². The van der Waals surface area contributed by atoms with Crippen LogP contribution in [0.2, 0.25) is 0 Å². The first-order valence-electron chi connectivity index (χ1n) is 25.8. The van der Waals surface area contributed by atoms with Crippen molar-refractivity contribution in [3.63, 3.8) is 0 Å². The highest BCUT2D eigenvalue weighted by Gasteiger charge is 2.40. The van der Waals surface area contributed by atoms with Crippen molar-refractivity contribution in [1.29, 1.82) is 0 Å². The third-order valence-corrected chi connectivity index (χ3v) is 13.0. The van der Waals surface area contributed by atoms with Crippen LogP contribution in [0.1, 0.15) is 246 Å². The topological polar surface area (TPSA) is 94.5 Å². The number of morpholine rings is 1. The number of esters is 1. The van der Waals surface area contributed by atoms with E-state index in [1.54, 1.807) is 0 Å². The minimum absolute atomic E-state index is 0.0304. The first kappa shape index (κ1) is 55.8. The number of nitrogens with zero attached hydrogens (tertiary/aromatic N) is 1. The van der Waals surface area contributed by atoms with E-state index in [-0.39, 0.29) is 24.3 Å². The minimum atomic E-state index is -0.376. The van der Waals surface area contributed by atoms with Crippen LogP contribution in [0.4, 0.5) is 0 Å². The molecule has 0 amide bonds. The van der Waals surface area contributed by atoms with Crippen molar-refractivity contribution >= 4 is 12.4 Å². The highest BCUT2D eigenvalue weighted by atomic mass is 16.7. The molecular formula is C51H99NO7. The molecule has 0 aromatic rings. The number of ether oxygens (including phenoxy) is 4. The first-order chi connectivity index (χ1) is 28.9. The lowest BCUT2D eigenvalue weighted by molar-refractivity contribution is -0.180. The van der Waals surface area contributed by atoms with Gasteiger partial charge in [0.25, 0.3) is 6.47 Å². The van der Waals surface area contributed by atoms with Crippen molar-refractivity contribution in [3.8, 4) is 0 Å². The molecule has 8 heteroatoms. The van der Waals surface area contributed by atoms with Gasteiger partial charge in [-0.15, -0.1) is 0 Å². The number of carboxylic acid groups (broad SMARTS) is 1. The zero-order chi connectivity index (χ0) is 42.9. The van der Waals surface area contributed by atoms with E-state index < -0.39 is 0 Å². The van der Waals surface area contributed by atoms with Crippen LogP contribution in [0.15, 0.2) is 0 Å². The molecule has 0 bridgehead atoms. The van der Waals surface area contributed by atoms with Gasteiger partial charge in [0, 0.05) is 38.9 Å². The second kappa shape index (κ2) is 40.8. The van der Waals surface area contributed by atoms with Crippen LogP contribution in [-0.2, 0) is 28.5 Å². The second-order valence-electron chi connectivity index (χ2n) is 18.3. The van der Waals surface area contributed by atoms with Gasteiger partial charge in [-0.25, -0.2) is 0 Å². The van der Waals surface area contributed by atoms with Gasteiger partial charge in [-0.2, -0.15) is 0 Å². The molecule has 59 heavy (non-hydrogen) atoms. The highest BCUT2D eigenvalue weighted by Crippen LogP contribution is 2.36. The molecule has 2 rings (SSSR count). The Morgan fingerprint density at radius 1 is 0.644 bits per heavy atom. The number of rotatable bonds is 40. The Morgan fingerprint density at radius 3 is 1.56 bits per heavy atom. The van der Waals surface area contributed by atoms with Crippen molar-refractivity contribution in [2.24, 2.45) is 11.8 Å². The van der Waals surface area contributed by atoms with Gasteiger partial charge in [-0.3, -0.25) is 14.5 Å². The fourth-order valence-electron chi connectivity index (χ4n) is 9.21. The van der Waals surface area contributed by atoms with Crippen LogP contribution in [0.3, 0.4) is 0 Å². The average molecular weight is 838 g/mol. The van der Waals surface area contributed by atoms with E-state index in [2.05, 4.69) is 32.6 Å². The summed E-state index contributed by atoms with van der Waals surface area (Å²) in [5.41, 5.74) is 0. The maximum Gasteiger partial charge on any atom is 0.306 e. The standard InChI is InChI=1S/C50H97NO5.CH2O2/c1-5-9-22-30-46(31-23-10-6-2)32-26-18-14-13-15-19-27-36-50(55-45-48(56-50)35-38-51-39-42-53-43-40-51)37-28-20-16-17-21-29-41-54-49(52)44-47(33-24-11-7-3)34-25-12-8-4;2-1-3/h46-48H,5-45H2,1-4H3;1H,(H,2,3). The van der Waals surface area contributed by atoms with Crippen molar-refractivity contribution in [2.45, 2.75) is 258 Å². The Hall–Kier alpha value is -1.22. The lowest BCUT2D eigenvalue weighted by Crippen LogP contribution is -2.38. The normalized spacial score (nSPS) is 18.4. The first-order valence-corrected chi connectivity index (χ1v) is 25.8. The van der Waals surface area contributed by atoms with Crippen LogP contribution in [-0.4, -0.2) is 80.4 Å². The lowest BCUT2D eigenvalue weighted by Gasteiger charge is -2.30. The van der Waals surface area contributed by atoms with Crippen LogP contribution in [0.5, 0.6) is 0 Å². The van der Waals surface area contributed by atoms with Gasteiger partial charge < -0.3 is 24.1 Å². The molecule has 350 valence electrons. The number of hydrogen-bond donors (Lipinski definition) is 1. The minimum Gasteiger partial charge on any atom is -0.483 e. The van der Waals surface area contributed by atoms with Gasteiger partial charge in [0.15, 0.2) is 5.79 Å². The van der Waals surface area contributed by atoms with Crippen molar-refractivity contribution in [1.82, 2.24) is 4.90 Å². The summed E-state index contributed by atoms with van der Waals surface area (Å²) in [6.07, 6.45) is 43.1. The fourth-order valence-corrected chi connectivity index (χ4v) is 9.21. The van der Waals surface area contributed by atoms with Gasteiger partial charge in [0.2, 0.25) is 0 Å². The Morgan fingerprint density at radius 2 is 1.07 bits per heavy atom. The van der Waals surface area contributed by atoms with E-state index in [1.807, 2.05) is 0 Å². The lowest BCUT2D eigenvalue weighted by atomic mass is 9.90. The van der Waals surface area contributed by atoms with Crippen LogP contribution in [0, 0.1) is 11.8 Å². The predicted octanol–water partition coefficient (Wildman–Crippen LogP) is 14.2. The largest absolute Gasteiger partial charge is 0.483 e. The third-order valence-electron chi connectivity index (χ3n) is 13.0. The average Bonchev–Trinajstić information content (AvgIpc) is 3.65. The van der Waals surface area contributed by atoms with Gasteiger partial charge in [0.05, 0.1) is 32.5 Å². The summed E-state index contributed by atoms with van der Waals surface area (Å²) in [7, 11) is 0. The molecule has 0 saturated carbocycles. The molecule has 2 aliphatic heterocycles. The Balaban J connectivity index is 0.00000562. The molecule has 2 saturated heterocycles. The number of hydrogen-bond acceptors (Lipinski definition) is 7. The molecule has 1 N–H and O–H groups in total. The van der Waals surface area contributed by atoms with E-state index in [0.717, 1.165) is 77.5 Å². The van der Waals surface area contributed by atoms with Gasteiger partial charge in [0.1, 0.15) is 0 Å². The molecule has 0 spiro atoms. The highest BCUT2D eigenvalue weighted by molar-refractivity contribution is 5.69. The Kier molecular flexibility index (Phi) is 38.6. The molecule has 2 unspecified atom stereocenters. The number of unbranched alkanes of at least 4 members (excludes halogenated alkanes) is 19. The quantitative estimate of drug-likeness (QED) is 0.0370. The van der Waals surface area contributed by atoms with E-state index in [4.69, 9.17) is 28.8 Å². The summed E-state index contributed by atoms with van der Waals surface area (Å²) >= 11 is 0. The fraction of sp³-hybridized carbons (Fsp3) is 0.961. The van der Waals surface area contributed by atoms with Crippen LogP contribution < -0.4 is 0 Å². The molecule has 2 heterocycles. The zero-order valence-electron chi connectivity index (χ0n) is 39.6. The molecule has 8 nitrogen and oxygen atoms in total. The number of carbonyl (C=O) groups excluding carboxylic acids is 1. The monoisotopic (exact) mass is 838 g/mol. The van der Waals surface area contributed by atoms with Gasteiger partial charge in [-0.05, 0) is 50.4 Å². The van der Waals surface area contributed by atoms with Crippen molar-refractivity contribution in [2.75, 3.05) is 46.1 Å². The van der Waals surface area contributed by atoms with Gasteiger partial charge >= 0.3 is 5.97 Å². The zero-order valence-corrected chi connectivity index (χ0v) is 39.6. The predicted molar refractivity (Wildman–Crippen MR) is 247 cm³/mol. The summed E-state index contributed by atoms with van der Waals surface area (Å²) in [6.45, 7) is 15.1. The SMILES string of the molecule is CCCCCC(CCCCC)CCCCCCCCCC1(CCCCCCCCOC(=O)CC(CCCCC)CCCCC)OCC(CCN2CCOCC2)O1.O=CO. The van der Waals surface area contributed by atoms with Crippen LogP contribution >= 0.6 is 0 Å². The van der Waals surface area contributed by atoms with E-state index in [9.17, 15) is 4.79 Å². The van der Waals surface area contributed by atoms with Crippen LogP contribution in [0.25, 0.3) is 0 Å². The smallest absolute Gasteiger partial charge is 0.306 e. The molecule has 0 radical (unpaired) electrons. The molecule has 2 fully saturated rings. The van der Waals surface area contributed by atoms with Crippen molar-refractivity contribution in [3.05, 3.63) is 0 Å². The summed E-state index contributed by atoms with van der Waals surface area (Å²) in [5.74, 6) is 1.14. The van der Waals surface area contributed by atoms with E-state index >= 15 is 0 Å². The Labute approximate surface area is 365 Å².